The first-order chi connectivity index (χ1) is 13.0. The summed E-state index contributed by atoms with van der Waals surface area (Å²) in [6.07, 6.45) is 4.06. The van der Waals surface area contributed by atoms with Gasteiger partial charge in [-0.1, -0.05) is 44.2 Å². The van der Waals surface area contributed by atoms with Crippen LogP contribution in [0.25, 0.3) is 11.0 Å². The summed E-state index contributed by atoms with van der Waals surface area (Å²) in [4.78, 5) is 29.2. The predicted molar refractivity (Wildman–Crippen MR) is 104 cm³/mol. The predicted octanol–water partition coefficient (Wildman–Crippen LogP) is 2.42. The Labute approximate surface area is 158 Å². The fourth-order valence-corrected chi connectivity index (χ4v) is 3.15. The lowest BCUT2D eigenvalue weighted by atomic mass is 9.97. The Hall–Kier alpha value is -2.96. The van der Waals surface area contributed by atoms with Crippen molar-refractivity contribution in [2.45, 2.75) is 39.3 Å². The molecule has 0 radical (unpaired) electrons. The number of benzene rings is 1. The van der Waals surface area contributed by atoms with E-state index in [0.29, 0.717) is 17.0 Å². The second kappa shape index (κ2) is 8.16. The van der Waals surface area contributed by atoms with E-state index in [4.69, 9.17) is 0 Å². The third kappa shape index (κ3) is 4.42. The monoisotopic (exact) mass is 367 g/mol. The molecule has 7 heteroatoms. The average Bonchev–Trinajstić information content (AvgIpc) is 3.03. The van der Waals surface area contributed by atoms with Crippen LogP contribution >= 0.6 is 0 Å². The summed E-state index contributed by atoms with van der Waals surface area (Å²) >= 11 is 0. The van der Waals surface area contributed by atoms with Crippen LogP contribution in [0.3, 0.4) is 0 Å². The van der Waals surface area contributed by atoms with Crippen molar-refractivity contribution in [2.24, 2.45) is 13.0 Å². The molecule has 27 heavy (non-hydrogen) atoms. The first kappa shape index (κ1) is 18.8. The van der Waals surface area contributed by atoms with E-state index < -0.39 is 0 Å². The van der Waals surface area contributed by atoms with E-state index in [1.165, 1.54) is 17.1 Å². The SMILES string of the molecule is CC(C)C[C@H](NC(=O)CCn1cnc2c(cnn2C)c1=O)c1ccccc1. The number of aromatic nitrogens is 4. The Morgan fingerprint density at radius 1 is 1.22 bits per heavy atom. The van der Waals surface area contributed by atoms with E-state index >= 15 is 0 Å². The molecule has 1 amide bonds. The van der Waals surface area contributed by atoms with E-state index in [-0.39, 0.29) is 30.5 Å². The van der Waals surface area contributed by atoms with Gasteiger partial charge in [0.1, 0.15) is 5.39 Å². The van der Waals surface area contributed by atoms with Gasteiger partial charge in [-0.05, 0) is 17.9 Å². The van der Waals surface area contributed by atoms with E-state index in [1.54, 1.807) is 11.7 Å². The summed E-state index contributed by atoms with van der Waals surface area (Å²) in [5, 5.41) is 7.62. The molecule has 142 valence electrons. The van der Waals surface area contributed by atoms with Crippen molar-refractivity contribution < 1.29 is 4.79 Å². The topological polar surface area (TPSA) is 81.8 Å². The van der Waals surface area contributed by atoms with E-state index in [2.05, 4.69) is 29.2 Å². The molecule has 7 nitrogen and oxygen atoms in total. The Morgan fingerprint density at radius 3 is 2.67 bits per heavy atom. The number of amides is 1. The number of hydrogen-bond donors (Lipinski definition) is 1. The minimum atomic E-state index is -0.178. The molecule has 0 unspecified atom stereocenters. The number of nitrogens with zero attached hydrogens (tertiary/aromatic N) is 4. The lowest BCUT2D eigenvalue weighted by Gasteiger charge is -2.21. The summed E-state index contributed by atoms with van der Waals surface area (Å²) in [6, 6.07) is 9.93. The highest BCUT2D eigenvalue weighted by Crippen LogP contribution is 2.21. The number of hydrogen-bond acceptors (Lipinski definition) is 4. The lowest BCUT2D eigenvalue weighted by molar-refractivity contribution is -0.122. The highest BCUT2D eigenvalue weighted by Gasteiger charge is 2.16. The molecule has 0 bridgehead atoms. The molecule has 0 aliphatic rings. The van der Waals surface area contributed by atoms with Crippen LogP contribution in [-0.2, 0) is 18.4 Å². The summed E-state index contributed by atoms with van der Waals surface area (Å²) in [7, 11) is 1.74. The van der Waals surface area contributed by atoms with Gasteiger partial charge in [-0.2, -0.15) is 5.10 Å². The first-order valence-corrected chi connectivity index (χ1v) is 9.17. The number of nitrogens with one attached hydrogen (secondary N) is 1. The third-order valence-corrected chi connectivity index (χ3v) is 4.54. The van der Waals surface area contributed by atoms with Gasteiger partial charge >= 0.3 is 0 Å². The molecular weight excluding hydrogens is 342 g/mol. The van der Waals surface area contributed by atoms with Crippen LogP contribution in [0, 0.1) is 5.92 Å². The zero-order valence-corrected chi connectivity index (χ0v) is 15.9. The molecule has 2 heterocycles. The van der Waals surface area contributed by atoms with Gasteiger partial charge in [0.05, 0.1) is 18.6 Å². The molecule has 0 aliphatic heterocycles. The molecular formula is C20H25N5O2. The van der Waals surface area contributed by atoms with Crippen molar-refractivity contribution in [3.8, 4) is 0 Å². The van der Waals surface area contributed by atoms with Crippen LogP contribution < -0.4 is 10.9 Å². The number of aryl methyl sites for hydroxylation is 2. The summed E-state index contributed by atoms with van der Waals surface area (Å²) in [5.41, 5.74) is 1.46. The normalized spacial score (nSPS) is 12.4. The van der Waals surface area contributed by atoms with E-state index in [1.807, 2.05) is 30.3 Å². The van der Waals surface area contributed by atoms with Crippen LogP contribution in [0.4, 0.5) is 0 Å². The molecule has 1 N–H and O–H groups in total. The Morgan fingerprint density at radius 2 is 1.96 bits per heavy atom. The molecule has 0 saturated carbocycles. The van der Waals surface area contributed by atoms with Crippen molar-refractivity contribution in [1.29, 1.82) is 0 Å². The number of carbonyl (C=O) groups is 1. The van der Waals surface area contributed by atoms with Crippen LogP contribution in [0.5, 0.6) is 0 Å². The maximum atomic E-state index is 12.5. The third-order valence-electron chi connectivity index (χ3n) is 4.54. The number of carbonyl (C=O) groups excluding carboxylic acids is 1. The minimum Gasteiger partial charge on any atom is -0.349 e. The quantitative estimate of drug-likeness (QED) is 0.695. The van der Waals surface area contributed by atoms with Crippen LogP contribution in [-0.4, -0.2) is 25.2 Å². The minimum absolute atomic E-state index is 0.0330. The second-order valence-electron chi connectivity index (χ2n) is 7.16. The zero-order valence-electron chi connectivity index (χ0n) is 15.9. The van der Waals surface area contributed by atoms with Gasteiger partial charge in [-0.3, -0.25) is 18.8 Å². The maximum Gasteiger partial charge on any atom is 0.264 e. The first-order valence-electron chi connectivity index (χ1n) is 9.17. The van der Waals surface area contributed by atoms with Crippen LogP contribution in [0.2, 0.25) is 0 Å². The summed E-state index contributed by atoms with van der Waals surface area (Å²) < 4.78 is 3.02. The molecule has 0 saturated heterocycles. The summed E-state index contributed by atoms with van der Waals surface area (Å²) in [5.74, 6) is 0.373. The largest absolute Gasteiger partial charge is 0.349 e. The Balaban J connectivity index is 1.68. The van der Waals surface area contributed by atoms with Gasteiger partial charge in [0.25, 0.3) is 5.56 Å². The molecule has 0 spiro atoms. The zero-order chi connectivity index (χ0) is 19.4. The smallest absolute Gasteiger partial charge is 0.264 e. The van der Waals surface area contributed by atoms with Gasteiger partial charge in [0.15, 0.2) is 5.65 Å². The van der Waals surface area contributed by atoms with Crippen molar-refractivity contribution >= 4 is 16.9 Å². The Kier molecular flexibility index (Phi) is 5.69. The lowest BCUT2D eigenvalue weighted by Crippen LogP contribution is -2.31. The van der Waals surface area contributed by atoms with Crippen molar-refractivity contribution in [2.75, 3.05) is 0 Å². The summed E-state index contributed by atoms with van der Waals surface area (Å²) in [6.45, 7) is 4.55. The van der Waals surface area contributed by atoms with Gasteiger partial charge in [-0.25, -0.2) is 4.98 Å². The van der Waals surface area contributed by atoms with Gasteiger partial charge in [0, 0.05) is 20.0 Å². The fourth-order valence-electron chi connectivity index (χ4n) is 3.15. The molecule has 3 aromatic rings. The van der Waals surface area contributed by atoms with E-state index in [9.17, 15) is 9.59 Å². The van der Waals surface area contributed by atoms with Gasteiger partial charge in [-0.15, -0.1) is 0 Å². The van der Waals surface area contributed by atoms with Crippen molar-refractivity contribution in [3.63, 3.8) is 0 Å². The molecule has 0 fully saturated rings. The second-order valence-corrected chi connectivity index (χ2v) is 7.16. The fraction of sp³-hybridized carbons (Fsp3) is 0.400. The molecule has 1 atom stereocenters. The van der Waals surface area contributed by atoms with E-state index in [0.717, 1.165) is 12.0 Å². The highest BCUT2D eigenvalue weighted by atomic mass is 16.2. The number of fused-ring (bicyclic) bond motifs is 1. The molecule has 3 rings (SSSR count). The van der Waals surface area contributed by atoms with Crippen molar-refractivity contribution in [1.82, 2.24) is 24.6 Å². The van der Waals surface area contributed by atoms with Crippen LogP contribution in [0.1, 0.15) is 38.3 Å². The van der Waals surface area contributed by atoms with Crippen molar-refractivity contribution in [3.05, 3.63) is 58.8 Å². The molecule has 0 aliphatic carbocycles. The molecule has 2 aromatic heterocycles. The number of rotatable bonds is 7. The standard InChI is InChI=1S/C20H25N5O2/c1-14(2)11-17(15-7-5-4-6-8-15)23-18(26)9-10-25-13-21-19-16(20(25)27)12-22-24(19)3/h4-8,12-14,17H,9-11H2,1-3H3,(H,23,26)/t17-/m0/s1. The Bertz CT molecular complexity index is 975. The van der Waals surface area contributed by atoms with Crippen LogP contribution in [0.15, 0.2) is 47.7 Å². The highest BCUT2D eigenvalue weighted by molar-refractivity contribution is 5.76. The van der Waals surface area contributed by atoms with Gasteiger partial charge in [0.2, 0.25) is 5.91 Å². The molecule has 1 aromatic carbocycles. The van der Waals surface area contributed by atoms with Gasteiger partial charge < -0.3 is 5.32 Å². The average molecular weight is 367 g/mol. The maximum absolute atomic E-state index is 12.5.